The topological polar surface area (TPSA) is 108 Å². The minimum atomic E-state index is -3.57. The van der Waals surface area contributed by atoms with Crippen LogP contribution in [-0.4, -0.2) is 38.5 Å². The Balaban J connectivity index is 1.81. The van der Waals surface area contributed by atoms with Crippen LogP contribution in [0.15, 0.2) is 66.7 Å². The van der Waals surface area contributed by atoms with E-state index >= 15 is 0 Å². The normalized spacial score (nSPS) is 13.3. The molecule has 0 saturated heterocycles. The Kier molecular flexibility index (Phi) is 7.97. The standard InChI is InChI=1S/C25H30N2O5S/c1-17-9-10-19(15-25(17)32-2)21(13-18-7-5-4-6-8-18)26-16-24(29)20-11-12-23(28)22(14-20)27-33(3,30)31/h4-12,14-15,21,24,26-29H,13,16H2,1-3H3/t21-,24-/m0/s1. The predicted molar refractivity (Wildman–Crippen MR) is 130 cm³/mol. The summed E-state index contributed by atoms with van der Waals surface area (Å²) >= 11 is 0. The molecule has 8 heteroatoms. The summed E-state index contributed by atoms with van der Waals surface area (Å²) in [6, 6.07) is 20.4. The third-order valence-electron chi connectivity index (χ3n) is 5.38. The van der Waals surface area contributed by atoms with Gasteiger partial charge in [-0.1, -0.05) is 48.5 Å². The second-order valence-electron chi connectivity index (χ2n) is 8.05. The second-order valence-corrected chi connectivity index (χ2v) is 9.79. The van der Waals surface area contributed by atoms with E-state index in [1.165, 1.54) is 12.1 Å². The average Bonchev–Trinajstić information content (AvgIpc) is 2.78. The van der Waals surface area contributed by atoms with E-state index in [0.717, 1.165) is 28.7 Å². The number of ether oxygens (including phenoxy) is 1. The Bertz CT molecular complexity index is 1180. The van der Waals surface area contributed by atoms with Crippen LogP contribution in [0, 0.1) is 6.92 Å². The molecule has 0 saturated carbocycles. The van der Waals surface area contributed by atoms with Crippen LogP contribution in [-0.2, 0) is 16.4 Å². The van der Waals surface area contributed by atoms with Crippen LogP contribution in [0.25, 0.3) is 0 Å². The van der Waals surface area contributed by atoms with E-state index in [2.05, 4.69) is 22.2 Å². The molecular weight excluding hydrogens is 440 g/mol. The Labute approximate surface area is 195 Å². The third-order valence-corrected chi connectivity index (χ3v) is 5.97. The smallest absolute Gasteiger partial charge is 0.229 e. The number of benzene rings is 3. The Morgan fingerprint density at radius 2 is 1.70 bits per heavy atom. The van der Waals surface area contributed by atoms with Crippen molar-refractivity contribution in [3.05, 3.63) is 89.0 Å². The molecular formula is C25H30N2O5S. The summed E-state index contributed by atoms with van der Waals surface area (Å²) in [5, 5.41) is 24.2. The highest BCUT2D eigenvalue weighted by molar-refractivity contribution is 7.92. The minimum Gasteiger partial charge on any atom is -0.506 e. The number of phenols is 1. The number of anilines is 1. The maximum Gasteiger partial charge on any atom is 0.229 e. The molecule has 0 aliphatic heterocycles. The van der Waals surface area contributed by atoms with Crippen molar-refractivity contribution < 1.29 is 23.4 Å². The van der Waals surface area contributed by atoms with Crippen molar-refractivity contribution in [2.24, 2.45) is 0 Å². The highest BCUT2D eigenvalue weighted by atomic mass is 32.2. The van der Waals surface area contributed by atoms with Gasteiger partial charge in [-0.2, -0.15) is 0 Å². The number of aliphatic hydroxyl groups is 1. The van der Waals surface area contributed by atoms with Gasteiger partial charge in [0.1, 0.15) is 11.5 Å². The van der Waals surface area contributed by atoms with E-state index in [9.17, 15) is 18.6 Å². The number of aromatic hydroxyl groups is 1. The number of nitrogens with one attached hydrogen (secondary N) is 2. The number of phenolic OH excluding ortho intramolecular Hbond substituents is 1. The molecule has 7 nitrogen and oxygen atoms in total. The summed E-state index contributed by atoms with van der Waals surface area (Å²) in [5.41, 5.74) is 3.71. The van der Waals surface area contributed by atoms with Crippen LogP contribution < -0.4 is 14.8 Å². The van der Waals surface area contributed by atoms with Crippen LogP contribution >= 0.6 is 0 Å². The largest absolute Gasteiger partial charge is 0.506 e. The number of aryl methyl sites for hydroxylation is 1. The lowest BCUT2D eigenvalue weighted by atomic mass is 9.97. The molecule has 176 valence electrons. The van der Waals surface area contributed by atoms with Crippen LogP contribution in [0.3, 0.4) is 0 Å². The number of aliphatic hydroxyl groups excluding tert-OH is 1. The summed E-state index contributed by atoms with van der Waals surface area (Å²) < 4.78 is 30.8. The van der Waals surface area contributed by atoms with Crippen molar-refractivity contribution >= 4 is 15.7 Å². The Morgan fingerprint density at radius 3 is 2.36 bits per heavy atom. The van der Waals surface area contributed by atoms with Gasteiger partial charge in [-0.3, -0.25) is 4.72 Å². The lowest BCUT2D eigenvalue weighted by Gasteiger charge is -2.23. The first-order valence-corrected chi connectivity index (χ1v) is 12.5. The molecule has 0 bridgehead atoms. The molecule has 33 heavy (non-hydrogen) atoms. The van der Waals surface area contributed by atoms with Crippen LogP contribution in [0.5, 0.6) is 11.5 Å². The molecule has 3 rings (SSSR count). The first-order valence-electron chi connectivity index (χ1n) is 10.6. The van der Waals surface area contributed by atoms with Gasteiger partial charge in [-0.05, 0) is 53.8 Å². The van der Waals surface area contributed by atoms with Gasteiger partial charge in [0.15, 0.2) is 0 Å². The third kappa shape index (κ3) is 6.95. The molecule has 0 amide bonds. The summed E-state index contributed by atoms with van der Waals surface area (Å²) in [6.45, 7) is 2.20. The van der Waals surface area contributed by atoms with Gasteiger partial charge in [-0.25, -0.2) is 8.42 Å². The molecule has 0 aliphatic carbocycles. The maximum atomic E-state index is 11.5. The summed E-state index contributed by atoms with van der Waals surface area (Å²) in [7, 11) is -1.93. The SMILES string of the molecule is COc1cc([C@H](Cc2ccccc2)NC[C@H](O)c2ccc(O)c(NS(C)(=O)=O)c2)ccc1C. The van der Waals surface area contributed by atoms with E-state index in [1.807, 2.05) is 43.3 Å². The first-order chi connectivity index (χ1) is 15.7. The van der Waals surface area contributed by atoms with Gasteiger partial charge in [0, 0.05) is 12.6 Å². The maximum absolute atomic E-state index is 11.5. The van der Waals surface area contributed by atoms with Crippen molar-refractivity contribution in [3.8, 4) is 11.5 Å². The number of hydrogen-bond acceptors (Lipinski definition) is 6. The van der Waals surface area contributed by atoms with Crippen molar-refractivity contribution in [2.45, 2.75) is 25.5 Å². The monoisotopic (exact) mass is 470 g/mol. The summed E-state index contributed by atoms with van der Waals surface area (Å²) in [4.78, 5) is 0. The van der Waals surface area contributed by atoms with Gasteiger partial charge in [0.2, 0.25) is 10.0 Å². The van der Waals surface area contributed by atoms with Crippen molar-refractivity contribution in [1.29, 1.82) is 0 Å². The van der Waals surface area contributed by atoms with E-state index in [1.54, 1.807) is 13.2 Å². The van der Waals surface area contributed by atoms with Gasteiger partial charge in [0.05, 0.1) is 25.2 Å². The van der Waals surface area contributed by atoms with Crippen molar-refractivity contribution in [3.63, 3.8) is 0 Å². The van der Waals surface area contributed by atoms with E-state index in [-0.39, 0.29) is 24.0 Å². The average molecular weight is 471 g/mol. The molecule has 2 atom stereocenters. The highest BCUT2D eigenvalue weighted by Crippen LogP contribution is 2.29. The molecule has 0 aliphatic rings. The van der Waals surface area contributed by atoms with Crippen LogP contribution in [0.4, 0.5) is 5.69 Å². The molecule has 0 unspecified atom stereocenters. The predicted octanol–water partition coefficient (Wildman–Crippen LogP) is 3.69. The molecule has 0 heterocycles. The number of methoxy groups -OCH3 is 1. The van der Waals surface area contributed by atoms with Gasteiger partial charge in [0.25, 0.3) is 0 Å². The molecule has 3 aromatic carbocycles. The van der Waals surface area contributed by atoms with E-state index < -0.39 is 16.1 Å². The lowest BCUT2D eigenvalue weighted by Crippen LogP contribution is -2.28. The molecule has 0 spiro atoms. The molecule has 3 aromatic rings. The lowest BCUT2D eigenvalue weighted by molar-refractivity contribution is 0.169. The number of sulfonamides is 1. The summed E-state index contributed by atoms with van der Waals surface area (Å²) in [6.07, 6.45) is 0.786. The molecule has 0 radical (unpaired) electrons. The zero-order valence-corrected chi connectivity index (χ0v) is 19.8. The molecule has 0 fully saturated rings. The van der Waals surface area contributed by atoms with Gasteiger partial charge >= 0.3 is 0 Å². The van der Waals surface area contributed by atoms with Crippen molar-refractivity contribution in [2.75, 3.05) is 24.6 Å². The van der Waals surface area contributed by atoms with Crippen LogP contribution in [0.2, 0.25) is 0 Å². The molecule has 0 aromatic heterocycles. The quantitative estimate of drug-likeness (QED) is 0.337. The Hall–Kier alpha value is -3.07. The van der Waals surface area contributed by atoms with Gasteiger partial charge < -0.3 is 20.3 Å². The van der Waals surface area contributed by atoms with E-state index in [0.29, 0.717) is 12.0 Å². The summed E-state index contributed by atoms with van der Waals surface area (Å²) in [5.74, 6) is 0.584. The fraction of sp³-hybridized carbons (Fsp3) is 0.280. The fourth-order valence-corrected chi connectivity index (χ4v) is 4.19. The Morgan fingerprint density at radius 1 is 1.00 bits per heavy atom. The number of hydrogen-bond donors (Lipinski definition) is 4. The zero-order valence-electron chi connectivity index (χ0n) is 18.9. The van der Waals surface area contributed by atoms with E-state index in [4.69, 9.17) is 4.74 Å². The van der Waals surface area contributed by atoms with Crippen LogP contribution in [0.1, 0.15) is 34.4 Å². The first kappa shape index (κ1) is 24.6. The number of rotatable bonds is 10. The minimum absolute atomic E-state index is 0.0261. The second kappa shape index (κ2) is 10.7. The van der Waals surface area contributed by atoms with Gasteiger partial charge in [-0.15, -0.1) is 0 Å². The fourth-order valence-electron chi connectivity index (χ4n) is 3.63. The molecule has 4 N–H and O–H groups in total. The highest BCUT2D eigenvalue weighted by Gasteiger charge is 2.18. The zero-order chi connectivity index (χ0) is 24.0. The van der Waals surface area contributed by atoms with Crippen molar-refractivity contribution in [1.82, 2.24) is 5.32 Å².